The number of nitrogens with two attached hydrogens (primary N) is 1. The first kappa shape index (κ1) is 16.1. The molecule has 0 aromatic carbocycles. The lowest BCUT2D eigenvalue weighted by molar-refractivity contribution is -0.123. The first-order valence-corrected chi connectivity index (χ1v) is 7.81. The van der Waals surface area contributed by atoms with Crippen LogP contribution < -0.4 is 11.1 Å². The molecule has 2 unspecified atom stereocenters. The number of carbonyl (C=O) groups excluding carboxylic acids is 1. The van der Waals surface area contributed by atoms with E-state index in [2.05, 4.69) is 29.5 Å². The summed E-state index contributed by atoms with van der Waals surface area (Å²) in [7, 11) is 0. The second-order valence-electron chi connectivity index (χ2n) is 5.28. The molecule has 108 valence electrons. The molecule has 0 radical (unpaired) electrons. The molecule has 5 heteroatoms. The van der Waals surface area contributed by atoms with Crippen LogP contribution in [-0.2, 0) is 11.2 Å². The van der Waals surface area contributed by atoms with Crippen LogP contribution in [0.15, 0.2) is 5.38 Å². The van der Waals surface area contributed by atoms with Gasteiger partial charge in [0.1, 0.15) is 0 Å². The third-order valence-electron chi connectivity index (χ3n) is 3.30. The monoisotopic (exact) mass is 283 g/mol. The van der Waals surface area contributed by atoms with Crippen LogP contribution in [0, 0.1) is 5.92 Å². The number of amides is 1. The van der Waals surface area contributed by atoms with Crippen LogP contribution in [0.4, 0.5) is 0 Å². The molecule has 0 spiro atoms. The third kappa shape index (κ3) is 4.91. The molecule has 2 atom stereocenters. The number of thiazole rings is 1. The molecule has 1 aromatic heterocycles. The van der Waals surface area contributed by atoms with Gasteiger partial charge >= 0.3 is 0 Å². The van der Waals surface area contributed by atoms with Gasteiger partial charge in [-0.3, -0.25) is 4.79 Å². The van der Waals surface area contributed by atoms with Crippen LogP contribution in [0.1, 0.15) is 50.7 Å². The fraction of sp³-hybridized carbons (Fsp3) is 0.714. The van der Waals surface area contributed by atoms with Crippen molar-refractivity contribution in [2.45, 2.75) is 52.5 Å². The van der Waals surface area contributed by atoms with Crippen LogP contribution in [0.2, 0.25) is 0 Å². The minimum Gasteiger partial charge on any atom is -0.354 e. The van der Waals surface area contributed by atoms with Gasteiger partial charge < -0.3 is 11.1 Å². The van der Waals surface area contributed by atoms with E-state index in [4.69, 9.17) is 5.73 Å². The average Bonchev–Trinajstić information content (AvgIpc) is 2.85. The zero-order valence-corrected chi connectivity index (χ0v) is 13.1. The van der Waals surface area contributed by atoms with E-state index in [1.807, 2.05) is 13.8 Å². The maximum Gasteiger partial charge on any atom is 0.237 e. The molecular formula is C14H25N3OS. The van der Waals surface area contributed by atoms with E-state index in [0.717, 1.165) is 23.5 Å². The summed E-state index contributed by atoms with van der Waals surface area (Å²) in [5.74, 6) is 0.618. The van der Waals surface area contributed by atoms with Gasteiger partial charge in [0.05, 0.1) is 16.7 Å². The van der Waals surface area contributed by atoms with Gasteiger partial charge in [-0.25, -0.2) is 4.98 Å². The summed E-state index contributed by atoms with van der Waals surface area (Å²) in [5, 5.41) is 6.10. The Morgan fingerprint density at radius 1 is 1.47 bits per heavy atom. The Labute approximate surface area is 119 Å². The molecule has 0 bridgehead atoms. The van der Waals surface area contributed by atoms with Gasteiger partial charge in [-0.15, -0.1) is 11.3 Å². The molecule has 1 heterocycles. The summed E-state index contributed by atoms with van der Waals surface area (Å²) in [6.07, 6.45) is 1.68. The van der Waals surface area contributed by atoms with Gasteiger partial charge in [0, 0.05) is 24.3 Å². The highest BCUT2D eigenvalue weighted by atomic mass is 32.1. The molecule has 0 aliphatic rings. The van der Waals surface area contributed by atoms with Crippen molar-refractivity contribution in [3.8, 4) is 0 Å². The van der Waals surface area contributed by atoms with Gasteiger partial charge in [-0.2, -0.15) is 0 Å². The summed E-state index contributed by atoms with van der Waals surface area (Å²) in [6, 6.07) is -0.411. The minimum atomic E-state index is -0.411. The minimum absolute atomic E-state index is 0.0614. The topological polar surface area (TPSA) is 68.0 Å². The Kier molecular flexibility index (Phi) is 6.45. The van der Waals surface area contributed by atoms with Crippen molar-refractivity contribution in [2.24, 2.45) is 11.7 Å². The number of rotatable bonds is 7. The van der Waals surface area contributed by atoms with Gasteiger partial charge in [0.2, 0.25) is 5.91 Å². The lowest BCUT2D eigenvalue weighted by atomic mass is 9.99. The Morgan fingerprint density at radius 2 is 2.16 bits per heavy atom. The van der Waals surface area contributed by atoms with Crippen LogP contribution in [0.5, 0.6) is 0 Å². The van der Waals surface area contributed by atoms with E-state index in [0.29, 0.717) is 12.5 Å². The fourth-order valence-corrected chi connectivity index (χ4v) is 2.52. The quantitative estimate of drug-likeness (QED) is 0.807. The lowest BCUT2D eigenvalue weighted by Gasteiger charge is -2.17. The van der Waals surface area contributed by atoms with Gasteiger partial charge in [0.25, 0.3) is 0 Å². The maximum atomic E-state index is 11.8. The smallest absolute Gasteiger partial charge is 0.237 e. The van der Waals surface area contributed by atoms with Crippen molar-refractivity contribution >= 4 is 17.2 Å². The first-order chi connectivity index (χ1) is 8.95. The Bertz CT molecular complexity index is 403. The Balaban J connectivity index is 2.35. The number of hydrogen-bond donors (Lipinski definition) is 2. The fourth-order valence-electron chi connectivity index (χ4n) is 1.65. The zero-order chi connectivity index (χ0) is 14.4. The average molecular weight is 283 g/mol. The largest absolute Gasteiger partial charge is 0.354 e. The summed E-state index contributed by atoms with van der Waals surface area (Å²) < 4.78 is 0. The van der Waals surface area contributed by atoms with Crippen molar-refractivity contribution in [2.75, 3.05) is 6.54 Å². The van der Waals surface area contributed by atoms with Gasteiger partial charge in [-0.1, -0.05) is 34.1 Å². The van der Waals surface area contributed by atoms with E-state index in [1.54, 1.807) is 11.3 Å². The SMILES string of the molecule is CCC(C)C(N)C(=O)NCCc1csc(C(C)C)n1. The van der Waals surface area contributed by atoms with Gasteiger partial charge in [-0.05, 0) is 5.92 Å². The van der Waals surface area contributed by atoms with Crippen LogP contribution in [0.3, 0.4) is 0 Å². The molecule has 0 fully saturated rings. The first-order valence-electron chi connectivity index (χ1n) is 6.93. The molecule has 1 aromatic rings. The summed E-state index contributed by atoms with van der Waals surface area (Å²) in [4.78, 5) is 16.3. The highest BCUT2D eigenvalue weighted by molar-refractivity contribution is 7.09. The van der Waals surface area contributed by atoms with Crippen molar-refractivity contribution < 1.29 is 4.79 Å². The number of nitrogens with zero attached hydrogens (tertiary/aromatic N) is 1. The zero-order valence-electron chi connectivity index (χ0n) is 12.3. The highest BCUT2D eigenvalue weighted by Gasteiger charge is 2.18. The molecule has 0 saturated heterocycles. The van der Waals surface area contributed by atoms with Gasteiger partial charge in [0.15, 0.2) is 0 Å². The number of carbonyl (C=O) groups is 1. The Morgan fingerprint density at radius 3 is 2.68 bits per heavy atom. The predicted octanol–water partition coefficient (Wildman–Crippen LogP) is 2.30. The molecule has 19 heavy (non-hydrogen) atoms. The van der Waals surface area contributed by atoms with E-state index in [1.165, 1.54) is 0 Å². The van der Waals surface area contributed by atoms with E-state index >= 15 is 0 Å². The van der Waals surface area contributed by atoms with Crippen LogP contribution in [0.25, 0.3) is 0 Å². The van der Waals surface area contributed by atoms with Crippen molar-refractivity contribution in [1.82, 2.24) is 10.3 Å². The van der Waals surface area contributed by atoms with E-state index < -0.39 is 6.04 Å². The molecule has 3 N–H and O–H groups in total. The molecule has 0 aliphatic heterocycles. The normalized spacial score (nSPS) is 14.4. The molecule has 4 nitrogen and oxygen atoms in total. The molecule has 0 aliphatic carbocycles. The van der Waals surface area contributed by atoms with Crippen LogP contribution >= 0.6 is 11.3 Å². The van der Waals surface area contributed by atoms with Crippen molar-refractivity contribution in [3.63, 3.8) is 0 Å². The molecular weight excluding hydrogens is 258 g/mol. The second-order valence-corrected chi connectivity index (χ2v) is 6.17. The van der Waals surface area contributed by atoms with E-state index in [9.17, 15) is 4.79 Å². The molecule has 1 amide bonds. The van der Waals surface area contributed by atoms with Crippen molar-refractivity contribution in [3.05, 3.63) is 16.1 Å². The molecule has 1 rings (SSSR count). The van der Waals surface area contributed by atoms with Crippen molar-refractivity contribution in [1.29, 1.82) is 0 Å². The summed E-state index contributed by atoms with van der Waals surface area (Å²) >= 11 is 1.68. The molecule has 0 saturated carbocycles. The maximum absolute atomic E-state index is 11.8. The predicted molar refractivity (Wildman–Crippen MR) is 80.3 cm³/mol. The lowest BCUT2D eigenvalue weighted by Crippen LogP contribution is -2.45. The van der Waals surface area contributed by atoms with Crippen LogP contribution in [-0.4, -0.2) is 23.5 Å². The number of nitrogens with one attached hydrogen (secondary N) is 1. The highest BCUT2D eigenvalue weighted by Crippen LogP contribution is 2.19. The van der Waals surface area contributed by atoms with E-state index in [-0.39, 0.29) is 11.8 Å². The Hall–Kier alpha value is -0.940. The standard InChI is InChI=1S/C14H25N3OS/c1-5-10(4)12(15)13(18)16-7-6-11-8-19-14(17-11)9(2)3/h8-10,12H,5-7,15H2,1-4H3,(H,16,18). The summed E-state index contributed by atoms with van der Waals surface area (Å²) in [6.45, 7) is 8.91. The third-order valence-corrected chi connectivity index (χ3v) is 4.50. The summed E-state index contributed by atoms with van der Waals surface area (Å²) in [5.41, 5.74) is 6.92. The second kappa shape index (κ2) is 7.60. The number of hydrogen-bond acceptors (Lipinski definition) is 4. The number of aromatic nitrogens is 1.